The van der Waals surface area contributed by atoms with Gasteiger partial charge in [0.15, 0.2) is 0 Å². The first kappa shape index (κ1) is 22.7. The maximum absolute atomic E-state index is 13.7. The first-order chi connectivity index (χ1) is 15.9. The van der Waals surface area contributed by atoms with E-state index in [0.717, 1.165) is 17.7 Å². The third-order valence-corrected chi connectivity index (χ3v) is 5.76. The minimum atomic E-state index is -0.0538. The van der Waals surface area contributed by atoms with Crippen molar-refractivity contribution in [3.63, 3.8) is 0 Å². The van der Waals surface area contributed by atoms with Gasteiger partial charge in [0, 0.05) is 25.2 Å². The highest BCUT2D eigenvalue weighted by molar-refractivity contribution is 6.07. The van der Waals surface area contributed by atoms with Crippen LogP contribution in [-0.4, -0.2) is 46.5 Å². The summed E-state index contributed by atoms with van der Waals surface area (Å²) in [7, 11) is 4.11. The van der Waals surface area contributed by atoms with E-state index >= 15 is 0 Å². The molecule has 6 nitrogen and oxygen atoms in total. The number of amides is 1. The molecule has 6 heteroatoms. The molecule has 0 unspecified atom stereocenters. The van der Waals surface area contributed by atoms with Gasteiger partial charge in [0.25, 0.3) is 11.6 Å². The molecule has 0 saturated carbocycles. The summed E-state index contributed by atoms with van der Waals surface area (Å²) in [6.45, 7) is 7.90. The monoisotopic (exact) mass is 442 g/mol. The number of aryl methyl sites for hydroxylation is 2. The average molecular weight is 443 g/mol. The zero-order valence-corrected chi connectivity index (χ0v) is 19.9. The molecule has 0 fully saturated rings. The van der Waals surface area contributed by atoms with Crippen LogP contribution in [0.4, 0.5) is 0 Å². The van der Waals surface area contributed by atoms with Crippen LogP contribution in [0.1, 0.15) is 39.7 Å². The van der Waals surface area contributed by atoms with Crippen molar-refractivity contribution in [1.29, 1.82) is 0 Å². The van der Waals surface area contributed by atoms with Gasteiger partial charge in [0.05, 0.1) is 22.3 Å². The predicted molar refractivity (Wildman–Crippen MR) is 131 cm³/mol. The van der Waals surface area contributed by atoms with Crippen molar-refractivity contribution in [3.05, 3.63) is 82.5 Å². The van der Waals surface area contributed by atoms with Gasteiger partial charge in [-0.3, -0.25) is 4.79 Å². The number of nitrogens with zero attached hydrogens (tertiary/aromatic N) is 4. The van der Waals surface area contributed by atoms with Gasteiger partial charge in [-0.15, -0.1) is 0 Å². The van der Waals surface area contributed by atoms with E-state index in [1.165, 1.54) is 11.1 Å². The minimum absolute atomic E-state index is 0.0538. The highest BCUT2D eigenvalue weighted by Gasteiger charge is 2.23. The molecular weight excluding hydrogens is 412 g/mol. The Kier molecular flexibility index (Phi) is 6.56. The molecule has 0 spiro atoms. The van der Waals surface area contributed by atoms with E-state index in [1.807, 2.05) is 56.0 Å². The van der Waals surface area contributed by atoms with Crippen molar-refractivity contribution in [2.45, 2.75) is 33.9 Å². The third-order valence-electron chi connectivity index (χ3n) is 5.76. The number of rotatable bonds is 7. The Morgan fingerprint density at radius 2 is 1.58 bits per heavy atom. The number of hydrogen-bond acceptors (Lipinski definition) is 5. The van der Waals surface area contributed by atoms with Crippen LogP contribution < -0.4 is 0 Å². The second-order valence-corrected chi connectivity index (χ2v) is 8.74. The summed E-state index contributed by atoms with van der Waals surface area (Å²) in [5, 5.41) is 4.75. The topological polar surface area (TPSA) is 62.5 Å². The molecule has 0 bridgehead atoms. The standard InChI is InChI=1S/C27H30N4O2/c1-6-31(17-21-11-9-20(10-12-21)16-30(4)5)27(32)23-15-24(22-13-7-18(2)8-14-22)28-26-25(23)19(3)29-33-26/h7-15H,6,16-17H2,1-5H3. The molecule has 4 aromatic rings. The summed E-state index contributed by atoms with van der Waals surface area (Å²) in [6, 6.07) is 18.4. The van der Waals surface area contributed by atoms with Crippen LogP contribution in [-0.2, 0) is 13.1 Å². The van der Waals surface area contributed by atoms with E-state index in [1.54, 1.807) is 0 Å². The molecular formula is C27H30N4O2. The second kappa shape index (κ2) is 9.55. The highest BCUT2D eigenvalue weighted by atomic mass is 16.5. The van der Waals surface area contributed by atoms with Gasteiger partial charge in [-0.2, -0.15) is 0 Å². The molecule has 0 aliphatic rings. The molecule has 1 amide bonds. The molecule has 0 aliphatic heterocycles. The summed E-state index contributed by atoms with van der Waals surface area (Å²) in [5.41, 5.74) is 6.77. The third kappa shape index (κ3) is 4.96. The van der Waals surface area contributed by atoms with E-state index in [2.05, 4.69) is 53.4 Å². The molecule has 0 aliphatic carbocycles. The number of benzene rings is 2. The number of aromatic nitrogens is 2. The lowest BCUT2D eigenvalue weighted by Crippen LogP contribution is -2.30. The Labute approximate surface area is 194 Å². The summed E-state index contributed by atoms with van der Waals surface area (Å²) in [4.78, 5) is 22.3. The zero-order chi connectivity index (χ0) is 23.5. The van der Waals surface area contributed by atoms with Gasteiger partial charge < -0.3 is 14.3 Å². The van der Waals surface area contributed by atoms with Crippen molar-refractivity contribution >= 4 is 17.0 Å². The normalized spacial score (nSPS) is 11.3. The van der Waals surface area contributed by atoms with Crippen molar-refractivity contribution in [2.24, 2.45) is 0 Å². The van der Waals surface area contributed by atoms with Crippen LogP contribution in [0.2, 0.25) is 0 Å². The molecule has 2 aromatic heterocycles. The fourth-order valence-corrected chi connectivity index (χ4v) is 3.97. The van der Waals surface area contributed by atoms with Crippen LogP contribution in [0, 0.1) is 13.8 Å². The fourth-order valence-electron chi connectivity index (χ4n) is 3.97. The molecule has 2 aromatic carbocycles. The predicted octanol–water partition coefficient (Wildman–Crippen LogP) is 5.23. The number of hydrogen-bond donors (Lipinski definition) is 0. The van der Waals surface area contributed by atoms with Gasteiger partial charge in [-0.05, 0) is 52.1 Å². The quantitative estimate of drug-likeness (QED) is 0.392. The lowest BCUT2D eigenvalue weighted by Gasteiger charge is -2.22. The van der Waals surface area contributed by atoms with Crippen LogP contribution in [0.5, 0.6) is 0 Å². The first-order valence-corrected chi connectivity index (χ1v) is 11.2. The minimum Gasteiger partial charge on any atom is -0.335 e. The van der Waals surface area contributed by atoms with Crippen LogP contribution in [0.3, 0.4) is 0 Å². The average Bonchev–Trinajstić information content (AvgIpc) is 3.18. The van der Waals surface area contributed by atoms with Gasteiger partial charge in [-0.25, -0.2) is 4.98 Å². The summed E-state index contributed by atoms with van der Waals surface area (Å²) in [6.07, 6.45) is 0. The maximum atomic E-state index is 13.7. The number of pyridine rings is 1. The number of carbonyl (C=O) groups excluding carboxylic acids is 1. The van der Waals surface area contributed by atoms with Crippen LogP contribution in [0.15, 0.2) is 59.1 Å². The summed E-state index contributed by atoms with van der Waals surface area (Å²) < 4.78 is 5.47. The summed E-state index contributed by atoms with van der Waals surface area (Å²) in [5.74, 6) is -0.0538. The Bertz CT molecular complexity index is 1260. The zero-order valence-electron chi connectivity index (χ0n) is 19.9. The molecule has 0 N–H and O–H groups in total. The molecule has 0 radical (unpaired) electrons. The molecule has 170 valence electrons. The second-order valence-electron chi connectivity index (χ2n) is 8.74. The van der Waals surface area contributed by atoms with Crippen molar-refractivity contribution in [2.75, 3.05) is 20.6 Å². The SMILES string of the molecule is CCN(Cc1ccc(CN(C)C)cc1)C(=O)c1cc(-c2ccc(C)cc2)nc2onc(C)c12. The molecule has 33 heavy (non-hydrogen) atoms. The lowest BCUT2D eigenvalue weighted by molar-refractivity contribution is 0.0754. The van der Waals surface area contributed by atoms with Crippen LogP contribution >= 0.6 is 0 Å². The van der Waals surface area contributed by atoms with Gasteiger partial charge in [-0.1, -0.05) is 59.3 Å². The lowest BCUT2D eigenvalue weighted by atomic mass is 10.0. The Hall–Kier alpha value is -3.51. The van der Waals surface area contributed by atoms with Gasteiger partial charge in [0.2, 0.25) is 0 Å². The largest absolute Gasteiger partial charge is 0.335 e. The molecule has 0 saturated heterocycles. The Morgan fingerprint density at radius 1 is 0.939 bits per heavy atom. The van der Waals surface area contributed by atoms with Crippen molar-refractivity contribution in [1.82, 2.24) is 19.9 Å². The number of fused-ring (bicyclic) bond motifs is 1. The van der Waals surface area contributed by atoms with E-state index in [9.17, 15) is 4.79 Å². The Balaban J connectivity index is 1.68. The van der Waals surface area contributed by atoms with Crippen molar-refractivity contribution < 1.29 is 9.32 Å². The number of carbonyl (C=O) groups is 1. The van der Waals surface area contributed by atoms with Gasteiger partial charge in [0.1, 0.15) is 0 Å². The van der Waals surface area contributed by atoms with Gasteiger partial charge >= 0.3 is 0 Å². The fraction of sp³-hybridized carbons (Fsp3) is 0.296. The highest BCUT2D eigenvalue weighted by Crippen LogP contribution is 2.28. The first-order valence-electron chi connectivity index (χ1n) is 11.2. The molecule has 2 heterocycles. The molecule has 4 rings (SSSR count). The molecule has 0 atom stereocenters. The maximum Gasteiger partial charge on any atom is 0.259 e. The van der Waals surface area contributed by atoms with E-state index < -0.39 is 0 Å². The van der Waals surface area contributed by atoms with E-state index in [0.29, 0.717) is 41.1 Å². The Morgan fingerprint density at radius 3 is 2.18 bits per heavy atom. The van der Waals surface area contributed by atoms with E-state index in [4.69, 9.17) is 4.52 Å². The summed E-state index contributed by atoms with van der Waals surface area (Å²) >= 11 is 0. The van der Waals surface area contributed by atoms with Crippen molar-refractivity contribution in [3.8, 4) is 11.3 Å². The van der Waals surface area contributed by atoms with E-state index in [-0.39, 0.29) is 5.91 Å². The van der Waals surface area contributed by atoms with Crippen LogP contribution in [0.25, 0.3) is 22.4 Å². The smallest absolute Gasteiger partial charge is 0.259 e.